The number of carbonyl (C=O) groups excluding carboxylic acids is 5. The van der Waals surface area contributed by atoms with Gasteiger partial charge in [0.1, 0.15) is 23.6 Å². The van der Waals surface area contributed by atoms with Crippen LogP contribution in [0.15, 0.2) is 36.4 Å². The third-order valence-corrected chi connectivity index (χ3v) is 9.93. The normalized spacial score (nSPS) is 17.9. The van der Waals surface area contributed by atoms with Gasteiger partial charge in [0, 0.05) is 51.5 Å². The molecule has 4 atom stereocenters. The van der Waals surface area contributed by atoms with Crippen LogP contribution >= 0.6 is 8.03 Å². The summed E-state index contributed by atoms with van der Waals surface area (Å²) < 4.78 is 40.4. The Hall–Kier alpha value is -4.57. The molecule has 1 aromatic carbocycles. The van der Waals surface area contributed by atoms with Gasteiger partial charge in [-0.15, -0.1) is 0 Å². The fourth-order valence-corrected chi connectivity index (χ4v) is 6.54. The van der Waals surface area contributed by atoms with E-state index in [2.05, 4.69) is 15.6 Å². The van der Waals surface area contributed by atoms with E-state index in [1.54, 1.807) is 46.9 Å². The summed E-state index contributed by atoms with van der Waals surface area (Å²) >= 11 is 0. The number of anilines is 1. The smallest absolute Gasteiger partial charge is 0.449 e. The minimum Gasteiger partial charge on any atom is -0.449 e. The van der Waals surface area contributed by atoms with Crippen molar-refractivity contribution in [1.82, 2.24) is 25.5 Å². The second kappa shape index (κ2) is 20.9. The number of unbranched alkanes of at least 4 members (excludes halogenated alkanes) is 1. The molecule has 55 heavy (non-hydrogen) atoms. The summed E-state index contributed by atoms with van der Waals surface area (Å²) in [6, 6.07) is 7.92. The third kappa shape index (κ3) is 12.5. The molecule has 2 saturated heterocycles. The van der Waals surface area contributed by atoms with Crippen molar-refractivity contribution >= 4 is 43.6 Å². The standard InChI is InChI=1S/C37H51N6O11P/c1-7-8-18-51-36(48)43-17-15-38-20-29(43)31(44)28(22-55(49)54-37(52-34(46)23(2)3)53-35(47)24(4)5)40-33(45)27-19-30(42-16-14-26(21-42)50-6)41-32(39-27)25-12-10-9-11-13-25/h9-13,19,23-24,26,28-29,37-38H,7-8,14-18,20-22H2,1-6H3/p+1. The molecule has 17 nitrogen and oxygen atoms in total. The van der Waals surface area contributed by atoms with Crippen molar-refractivity contribution in [3.63, 3.8) is 0 Å². The van der Waals surface area contributed by atoms with E-state index < -0.39 is 74.3 Å². The van der Waals surface area contributed by atoms with Gasteiger partial charge < -0.3 is 34.5 Å². The van der Waals surface area contributed by atoms with Crippen molar-refractivity contribution in [2.45, 2.75) is 78.5 Å². The average molecular weight is 788 g/mol. The Morgan fingerprint density at radius 2 is 1.69 bits per heavy atom. The van der Waals surface area contributed by atoms with Gasteiger partial charge in [-0.3, -0.25) is 24.1 Å². The molecule has 1 aromatic heterocycles. The molecule has 300 valence electrons. The predicted octanol–water partition coefficient (Wildman–Crippen LogP) is 3.69. The number of nitrogens with one attached hydrogen (secondary N) is 2. The van der Waals surface area contributed by atoms with Crippen molar-refractivity contribution in [2.75, 3.05) is 57.5 Å². The molecule has 0 spiro atoms. The molecule has 2 fully saturated rings. The number of nitrogens with zero attached hydrogens (tertiary/aromatic N) is 4. The number of benzene rings is 1. The van der Waals surface area contributed by atoms with Crippen LogP contribution in [0.25, 0.3) is 11.4 Å². The number of hydrogen-bond donors (Lipinski definition) is 2. The van der Waals surface area contributed by atoms with Crippen LogP contribution in [-0.4, -0.2) is 122 Å². The molecular formula is C37H52N6O11P+. The third-order valence-electron chi connectivity index (χ3n) is 8.86. The van der Waals surface area contributed by atoms with Gasteiger partial charge in [0.15, 0.2) is 11.6 Å². The van der Waals surface area contributed by atoms with Gasteiger partial charge in [0.05, 0.1) is 24.5 Å². The Bertz CT molecular complexity index is 1640. The van der Waals surface area contributed by atoms with Crippen molar-refractivity contribution < 1.29 is 52.0 Å². The van der Waals surface area contributed by atoms with Crippen LogP contribution < -0.4 is 15.5 Å². The SMILES string of the molecule is CCCCOC(=O)N1CCNCC1C(=O)C(C[P+](=O)OC(OC(=O)C(C)C)OC(=O)C(C)C)NC(=O)c1cc(N2CCC(OC)C2)nc(-c2ccccc2)n1. The Labute approximate surface area is 322 Å². The number of esters is 2. The van der Waals surface area contributed by atoms with Gasteiger partial charge in [0.2, 0.25) is 6.16 Å². The number of ether oxygens (including phenoxy) is 4. The second-order valence-corrected chi connectivity index (χ2v) is 15.0. The van der Waals surface area contributed by atoms with Crippen molar-refractivity contribution in [1.29, 1.82) is 0 Å². The summed E-state index contributed by atoms with van der Waals surface area (Å²) in [5.41, 5.74) is 0.569. The van der Waals surface area contributed by atoms with Crippen LogP contribution in [-0.2, 0) is 42.4 Å². The molecule has 0 radical (unpaired) electrons. The molecule has 0 saturated carbocycles. The largest absolute Gasteiger partial charge is 0.518 e. The zero-order chi connectivity index (χ0) is 40.1. The number of aromatic nitrogens is 2. The van der Waals surface area contributed by atoms with E-state index in [0.29, 0.717) is 37.4 Å². The lowest BCUT2D eigenvalue weighted by Gasteiger charge is -2.35. The van der Waals surface area contributed by atoms with Crippen molar-refractivity contribution in [2.24, 2.45) is 11.8 Å². The topological polar surface area (TPSA) is 205 Å². The highest BCUT2D eigenvalue weighted by molar-refractivity contribution is 7.39. The summed E-state index contributed by atoms with van der Waals surface area (Å²) in [5, 5.41) is 5.76. The van der Waals surface area contributed by atoms with E-state index >= 15 is 0 Å². The minimum absolute atomic E-state index is 0.0256. The van der Waals surface area contributed by atoms with Gasteiger partial charge in [0.25, 0.3) is 5.91 Å². The highest BCUT2D eigenvalue weighted by Crippen LogP contribution is 2.30. The lowest BCUT2D eigenvalue weighted by Crippen LogP contribution is -2.61. The monoisotopic (exact) mass is 787 g/mol. The Morgan fingerprint density at radius 1 is 1.00 bits per heavy atom. The lowest BCUT2D eigenvalue weighted by molar-refractivity contribution is -0.238. The Balaban J connectivity index is 1.67. The van der Waals surface area contributed by atoms with Crippen LogP contribution in [0.5, 0.6) is 0 Å². The van der Waals surface area contributed by atoms with Crippen LogP contribution in [0.1, 0.15) is 64.4 Å². The van der Waals surface area contributed by atoms with Crippen LogP contribution in [0.3, 0.4) is 0 Å². The number of hydrogen-bond acceptors (Lipinski definition) is 15. The zero-order valence-electron chi connectivity index (χ0n) is 32.2. The molecule has 2 N–H and O–H groups in total. The Kier molecular flexibility index (Phi) is 16.4. The first-order chi connectivity index (χ1) is 26.3. The molecule has 2 amide bonds. The maximum absolute atomic E-state index is 14.4. The molecule has 4 rings (SSSR count). The molecule has 0 aliphatic carbocycles. The number of ketones is 1. The summed E-state index contributed by atoms with van der Waals surface area (Å²) in [4.78, 5) is 79.1. The molecule has 2 aliphatic heterocycles. The van der Waals surface area contributed by atoms with Gasteiger partial charge >= 0.3 is 32.5 Å². The molecule has 4 unspecified atom stereocenters. The maximum atomic E-state index is 14.4. The number of amides is 2. The van der Waals surface area contributed by atoms with Crippen LogP contribution in [0.4, 0.5) is 10.6 Å². The van der Waals surface area contributed by atoms with Gasteiger partial charge in [-0.2, -0.15) is 0 Å². The van der Waals surface area contributed by atoms with E-state index in [0.717, 1.165) is 12.8 Å². The van der Waals surface area contributed by atoms with Crippen LogP contribution in [0, 0.1) is 11.8 Å². The van der Waals surface area contributed by atoms with E-state index in [-0.39, 0.29) is 37.3 Å². The molecule has 3 heterocycles. The number of carbonyl (C=O) groups is 5. The molecule has 18 heteroatoms. The number of Topliss-reactive ketones (excluding diaryl/α,β-unsaturated/α-hetero) is 1. The lowest BCUT2D eigenvalue weighted by atomic mass is 10.0. The zero-order valence-corrected chi connectivity index (χ0v) is 33.1. The first-order valence-electron chi connectivity index (χ1n) is 18.5. The first kappa shape index (κ1) is 43.2. The van der Waals surface area contributed by atoms with E-state index in [9.17, 15) is 28.5 Å². The second-order valence-electron chi connectivity index (χ2n) is 13.8. The maximum Gasteiger partial charge on any atom is 0.518 e. The van der Waals surface area contributed by atoms with E-state index in [1.807, 2.05) is 30.0 Å². The highest BCUT2D eigenvalue weighted by Gasteiger charge is 2.43. The number of piperazine rings is 1. The summed E-state index contributed by atoms with van der Waals surface area (Å²) in [6.45, 7) is 8.01. The van der Waals surface area contributed by atoms with E-state index in [1.165, 1.54) is 11.0 Å². The molecule has 2 aliphatic rings. The van der Waals surface area contributed by atoms with E-state index in [4.69, 9.17) is 28.5 Å². The fourth-order valence-electron chi connectivity index (χ4n) is 5.61. The van der Waals surface area contributed by atoms with Gasteiger partial charge in [-0.05, 0) is 17.4 Å². The number of rotatable bonds is 18. The molecule has 0 bridgehead atoms. The average Bonchev–Trinajstić information content (AvgIpc) is 3.67. The van der Waals surface area contributed by atoms with Crippen LogP contribution in [0.2, 0.25) is 0 Å². The number of methoxy groups -OCH3 is 1. The predicted molar refractivity (Wildman–Crippen MR) is 200 cm³/mol. The first-order valence-corrected chi connectivity index (χ1v) is 19.9. The summed E-state index contributed by atoms with van der Waals surface area (Å²) in [5.74, 6) is -3.60. The fraction of sp³-hybridized carbons (Fsp3) is 0.595. The van der Waals surface area contributed by atoms with Gasteiger partial charge in [-0.1, -0.05) is 75.9 Å². The van der Waals surface area contributed by atoms with Crippen molar-refractivity contribution in [3.8, 4) is 11.4 Å². The van der Waals surface area contributed by atoms with Crippen molar-refractivity contribution in [3.05, 3.63) is 42.1 Å². The van der Waals surface area contributed by atoms with Gasteiger partial charge in [-0.25, -0.2) is 14.8 Å². The molecule has 2 aromatic rings. The minimum atomic E-state index is -2.97. The summed E-state index contributed by atoms with van der Waals surface area (Å²) in [6.07, 6.45) is 0.795. The molecular weight excluding hydrogens is 735 g/mol. The summed E-state index contributed by atoms with van der Waals surface area (Å²) in [7, 11) is -1.33. The Morgan fingerprint density at radius 3 is 2.31 bits per heavy atom. The highest BCUT2D eigenvalue weighted by atomic mass is 31.1. The quantitative estimate of drug-likeness (QED) is 0.0957.